The number of quaternary nitrogens is 1. The summed E-state index contributed by atoms with van der Waals surface area (Å²) in [4.78, 5) is 60.8. The van der Waals surface area contributed by atoms with Crippen molar-refractivity contribution in [1.82, 2.24) is 35.5 Å². The van der Waals surface area contributed by atoms with Gasteiger partial charge in [-0.15, -0.1) is 17.8 Å². The fourth-order valence-corrected chi connectivity index (χ4v) is 11.9. The van der Waals surface area contributed by atoms with Gasteiger partial charge >= 0.3 is 0 Å². The Morgan fingerprint density at radius 3 is 2.41 bits per heavy atom. The van der Waals surface area contributed by atoms with Crippen molar-refractivity contribution in [2.75, 3.05) is 79.0 Å². The smallest absolute Gasteiger partial charge is 0.243 e. The van der Waals surface area contributed by atoms with Crippen molar-refractivity contribution in [1.29, 1.82) is 0 Å². The van der Waals surface area contributed by atoms with Gasteiger partial charge in [-0.2, -0.15) is 0 Å². The highest BCUT2D eigenvalue weighted by molar-refractivity contribution is 7.22. The van der Waals surface area contributed by atoms with Crippen LogP contribution >= 0.6 is 22.9 Å². The van der Waals surface area contributed by atoms with Gasteiger partial charge in [0, 0.05) is 53.9 Å². The molecule has 446 valence electrons. The van der Waals surface area contributed by atoms with Gasteiger partial charge in [-0.1, -0.05) is 86.0 Å². The van der Waals surface area contributed by atoms with E-state index in [9.17, 15) is 18.8 Å². The molecule has 0 aliphatic carbocycles. The number of ether oxygens (including phenoxy) is 5. The van der Waals surface area contributed by atoms with Gasteiger partial charge in [0.05, 0.1) is 68.1 Å². The van der Waals surface area contributed by atoms with Crippen molar-refractivity contribution in [3.63, 3.8) is 0 Å². The number of nitrogens with one attached hydrogen (secondary N) is 3. The molecule has 2 atom stereocenters. The Kier molecular flexibility index (Phi) is 21.1. The summed E-state index contributed by atoms with van der Waals surface area (Å²) in [6, 6.07) is 32.3. The number of thiophene rings is 1. The molecule has 20 heteroatoms. The lowest BCUT2D eigenvalue weighted by atomic mass is 9.96. The summed E-state index contributed by atoms with van der Waals surface area (Å²) < 4.78 is 45.9. The minimum absolute atomic E-state index is 0.0636. The van der Waals surface area contributed by atoms with E-state index >= 15 is 0 Å². The topological polar surface area (TPSA) is 188 Å². The van der Waals surface area contributed by atoms with Gasteiger partial charge in [-0.3, -0.25) is 19.3 Å². The molecule has 4 heterocycles. The number of benzene rings is 5. The average Bonchev–Trinajstić information content (AvgIpc) is 1.73. The Balaban J connectivity index is 0.862. The first-order chi connectivity index (χ1) is 41.7. The fourth-order valence-electron chi connectivity index (χ4n) is 10.5. The predicted octanol–water partition coefficient (Wildman–Crippen LogP) is 10.1. The summed E-state index contributed by atoms with van der Waals surface area (Å²) in [5.74, 6) is 4.08. The number of fused-ring (bicyclic) bond motifs is 1. The number of anilines is 1. The lowest BCUT2D eigenvalue weighted by Gasteiger charge is -2.42. The van der Waals surface area contributed by atoms with Crippen LogP contribution in [0.2, 0.25) is 5.02 Å². The van der Waals surface area contributed by atoms with E-state index < -0.39 is 12.1 Å². The molecule has 3 N–H and O–H groups in total. The Bertz CT molecular complexity index is 3720. The van der Waals surface area contributed by atoms with Crippen LogP contribution in [0.4, 0.5) is 10.1 Å². The van der Waals surface area contributed by atoms with Crippen LogP contribution in [0.3, 0.4) is 0 Å². The van der Waals surface area contributed by atoms with E-state index in [1.807, 2.05) is 99.6 Å². The number of nitrogens with zero attached hydrogens (tertiary/aromatic N) is 6. The zero-order chi connectivity index (χ0) is 60.7. The number of rotatable bonds is 27. The zero-order valence-corrected chi connectivity index (χ0v) is 50.6. The number of likely N-dealkylation sites (N-methyl/N-ethyl adjacent to an activating group) is 2. The number of methoxy groups -OCH3 is 1. The molecule has 2 amide bonds. The van der Waals surface area contributed by atoms with Gasteiger partial charge in [0.25, 0.3) is 0 Å². The SMILES string of the molecule is C#CCOCc1cc(NC(=O)CNC(=O)C(NC)C(C)C)ccc1C[N+]1(C)CCN(CCOc2ccc(-c3c(-c4ccc(F)cc4)sc4ncnc(OC(C=O)Cc5ccccc5OCc5ccnc(-c6ccccc6OC)n5)c34)c(C)c2Cl)CC1. The molecule has 17 nitrogen and oxygen atoms in total. The molecule has 0 radical (unpaired) electrons. The van der Waals surface area contributed by atoms with Crippen LogP contribution in [0.1, 0.15) is 41.8 Å². The number of carbonyl (C=O) groups is 3. The average molecular weight is 1200 g/mol. The Morgan fingerprint density at radius 1 is 0.895 bits per heavy atom. The maximum Gasteiger partial charge on any atom is 0.243 e. The van der Waals surface area contributed by atoms with Gasteiger partial charge in [-0.25, -0.2) is 24.3 Å². The Morgan fingerprint density at radius 2 is 1.66 bits per heavy atom. The third-order valence-corrected chi connectivity index (χ3v) is 16.8. The van der Waals surface area contributed by atoms with E-state index in [2.05, 4.69) is 48.8 Å². The van der Waals surface area contributed by atoms with Crippen molar-refractivity contribution < 1.29 is 46.9 Å². The van der Waals surface area contributed by atoms with Crippen LogP contribution in [-0.4, -0.2) is 133 Å². The van der Waals surface area contributed by atoms with Crippen molar-refractivity contribution in [3.8, 4) is 68.4 Å². The maximum absolute atomic E-state index is 14.4. The first kappa shape index (κ1) is 62.2. The van der Waals surface area contributed by atoms with Crippen LogP contribution in [0, 0.1) is 31.0 Å². The summed E-state index contributed by atoms with van der Waals surface area (Å²) in [6.07, 6.45) is 8.52. The summed E-state index contributed by atoms with van der Waals surface area (Å²) in [5, 5.41) is 9.63. The second-order valence-corrected chi connectivity index (χ2v) is 22.9. The molecule has 3 aromatic heterocycles. The molecule has 9 rings (SSSR count). The van der Waals surface area contributed by atoms with Crippen LogP contribution < -0.4 is 34.9 Å². The quantitative estimate of drug-likeness (QED) is 0.0191. The van der Waals surface area contributed by atoms with Crippen LogP contribution in [-0.2, 0) is 45.3 Å². The van der Waals surface area contributed by atoms with E-state index in [0.29, 0.717) is 62.8 Å². The second kappa shape index (κ2) is 29.2. The van der Waals surface area contributed by atoms with Gasteiger partial charge in [0.1, 0.15) is 60.6 Å². The molecule has 0 saturated carbocycles. The first-order valence-corrected chi connectivity index (χ1v) is 29.5. The number of aromatic nitrogens is 4. The largest absolute Gasteiger partial charge is 0.496 e. The summed E-state index contributed by atoms with van der Waals surface area (Å²) >= 11 is 8.65. The number of para-hydroxylation sites is 2. The molecular formula is C66H70ClFN9O8S+. The van der Waals surface area contributed by atoms with Crippen molar-refractivity contribution in [2.24, 2.45) is 5.92 Å². The van der Waals surface area contributed by atoms with Gasteiger partial charge in [0.15, 0.2) is 18.2 Å². The van der Waals surface area contributed by atoms with E-state index in [-0.39, 0.29) is 62.2 Å². The van der Waals surface area contributed by atoms with Crippen LogP contribution in [0.25, 0.3) is 43.2 Å². The number of carbonyl (C=O) groups excluding carboxylic acids is 3. The third kappa shape index (κ3) is 15.4. The van der Waals surface area contributed by atoms with Crippen LogP contribution in [0.15, 0.2) is 122 Å². The van der Waals surface area contributed by atoms with Gasteiger partial charge < -0.3 is 44.1 Å². The van der Waals surface area contributed by atoms with E-state index in [4.69, 9.17) is 46.7 Å². The molecule has 5 aromatic carbocycles. The monoisotopic (exact) mass is 1200 g/mol. The fraction of sp³-hybridized carbons (Fsp3) is 0.318. The highest BCUT2D eigenvalue weighted by Crippen LogP contribution is 2.49. The van der Waals surface area contributed by atoms with Gasteiger partial charge in [0.2, 0.25) is 17.7 Å². The minimum Gasteiger partial charge on any atom is -0.496 e. The normalized spacial score (nSPS) is 13.8. The predicted molar refractivity (Wildman–Crippen MR) is 333 cm³/mol. The molecule has 1 aliphatic heterocycles. The second-order valence-electron chi connectivity index (χ2n) is 21.6. The lowest BCUT2D eigenvalue weighted by molar-refractivity contribution is -0.926. The highest BCUT2D eigenvalue weighted by atomic mass is 35.5. The molecule has 1 fully saturated rings. The molecule has 1 aliphatic rings. The van der Waals surface area contributed by atoms with Crippen molar-refractivity contribution >= 4 is 56.9 Å². The molecule has 1 saturated heterocycles. The van der Waals surface area contributed by atoms with Gasteiger partial charge in [-0.05, 0) is 102 Å². The Labute approximate surface area is 509 Å². The standard InChI is InChI=1S/C66H69ClFN9O8S/c1-8-32-82-39-47-34-49(74-57(79)36-71-64(80)61(69-5)42(2)3)22-19-46(47)37-77(6)30-27-76(28-31-77)29-33-83-56-24-23-52(43(4)60(56)67)58-59-65(72-41-73-66(59)86-62(58)44-17-20-48(68)21-18-44)85-51(38-78)35-45-13-9-11-15-54(45)84-40-50-25-26-70-63(75-50)53-14-10-12-16-55(53)81-7/h1,9-26,34,38,41-42,51,61,69H,27-33,35-37,39-40H2,2-7H3,(H-,71,74,79,80)/p+1. The number of hydrogen-bond acceptors (Lipinski definition) is 15. The number of amides is 2. The number of hydrogen-bond donors (Lipinski definition) is 3. The molecule has 2 unspecified atom stereocenters. The lowest BCUT2D eigenvalue weighted by Crippen LogP contribution is -2.57. The maximum atomic E-state index is 14.4. The molecule has 86 heavy (non-hydrogen) atoms. The Hall–Kier alpha value is -8.35. The molecule has 8 aromatic rings. The van der Waals surface area contributed by atoms with E-state index in [1.54, 1.807) is 38.6 Å². The summed E-state index contributed by atoms with van der Waals surface area (Å²) in [7, 11) is 5.57. The number of aldehydes is 1. The third-order valence-electron chi connectivity index (χ3n) is 15.2. The first-order valence-electron chi connectivity index (χ1n) is 28.3. The highest BCUT2D eigenvalue weighted by Gasteiger charge is 2.31. The van der Waals surface area contributed by atoms with E-state index in [1.165, 1.54) is 29.8 Å². The number of terminal acetylenes is 1. The minimum atomic E-state index is -0.989. The zero-order valence-electron chi connectivity index (χ0n) is 49.0. The van der Waals surface area contributed by atoms with Crippen molar-refractivity contribution in [2.45, 2.75) is 59.1 Å². The van der Waals surface area contributed by atoms with Crippen molar-refractivity contribution in [3.05, 3.63) is 161 Å². The number of halogens is 2. The molecule has 0 spiro atoms. The van der Waals surface area contributed by atoms with Crippen LogP contribution in [0.5, 0.6) is 23.1 Å². The molecule has 0 bridgehead atoms. The number of piperazine rings is 1. The molecular weight excluding hydrogens is 1130 g/mol. The summed E-state index contributed by atoms with van der Waals surface area (Å²) in [6.45, 7) is 11.5. The summed E-state index contributed by atoms with van der Waals surface area (Å²) in [5.41, 5.74) is 7.72. The van der Waals surface area contributed by atoms with E-state index in [0.717, 1.165) is 92.9 Å².